The molecule has 0 aliphatic rings. The molecule has 0 saturated carbocycles. The molecule has 27 heavy (non-hydrogen) atoms. The molecular weight excluding hydrogens is 347 g/mol. The first-order valence-corrected chi connectivity index (χ1v) is 8.65. The van der Waals surface area contributed by atoms with Crippen molar-refractivity contribution in [1.82, 2.24) is 10.3 Å². The highest BCUT2D eigenvalue weighted by molar-refractivity contribution is 6.06. The van der Waals surface area contributed by atoms with Gasteiger partial charge in [-0.2, -0.15) is 0 Å². The quantitative estimate of drug-likeness (QED) is 0.701. The molecule has 0 saturated heterocycles. The maximum atomic E-state index is 13.4. The predicted molar refractivity (Wildman–Crippen MR) is 101 cm³/mol. The van der Waals surface area contributed by atoms with Crippen LogP contribution in [0.2, 0.25) is 0 Å². The lowest BCUT2D eigenvalue weighted by Crippen LogP contribution is -2.35. The van der Waals surface area contributed by atoms with Crippen LogP contribution in [-0.2, 0) is 0 Å². The number of aliphatic hydroxyl groups excluding tert-OH is 1. The Labute approximate surface area is 156 Å². The highest BCUT2D eigenvalue weighted by Gasteiger charge is 2.14. The second kappa shape index (κ2) is 8.14. The summed E-state index contributed by atoms with van der Waals surface area (Å²) in [6.45, 7) is 3.79. The molecule has 1 aromatic heterocycles. The maximum Gasteiger partial charge on any atom is 0.252 e. The highest BCUT2D eigenvalue weighted by atomic mass is 19.1. The van der Waals surface area contributed by atoms with Gasteiger partial charge in [-0.1, -0.05) is 12.1 Å². The van der Waals surface area contributed by atoms with Crippen molar-refractivity contribution in [2.75, 3.05) is 13.2 Å². The summed E-state index contributed by atoms with van der Waals surface area (Å²) in [5, 5.41) is 13.3. The average molecular weight is 368 g/mol. The number of nitrogens with one attached hydrogen (secondary N) is 1. The summed E-state index contributed by atoms with van der Waals surface area (Å²) >= 11 is 0. The van der Waals surface area contributed by atoms with E-state index in [-0.39, 0.29) is 19.1 Å². The van der Waals surface area contributed by atoms with Gasteiger partial charge in [0, 0.05) is 23.7 Å². The number of halogens is 1. The van der Waals surface area contributed by atoms with E-state index in [4.69, 9.17) is 4.74 Å². The van der Waals surface area contributed by atoms with E-state index in [1.54, 1.807) is 13.0 Å². The number of benzene rings is 2. The first-order chi connectivity index (χ1) is 12.9. The number of fused-ring (bicyclic) bond motifs is 1. The first kappa shape index (κ1) is 18.8. The van der Waals surface area contributed by atoms with E-state index in [2.05, 4.69) is 10.3 Å². The second-order valence-electron chi connectivity index (χ2n) is 6.46. The third-order valence-electron chi connectivity index (χ3n) is 4.07. The van der Waals surface area contributed by atoms with Crippen LogP contribution in [-0.4, -0.2) is 35.3 Å². The summed E-state index contributed by atoms with van der Waals surface area (Å²) in [4.78, 5) is 16.8. The maximum absolute atomic E-state index is 13.4. The molecule has 1 unspecified atom stereocenters. The molecule has 0 spiro atoms. The summed E-state index contributed by atoms with van der Waals surface area (Å²) in [5.41, 5.74) is 2.49. The Morgan fingerprint density at radius 2 is 2.04 bits per heavy atom. The standard InChI is InChI=1S/C21H21FN2O3/c1-13-4-3-5-17(8-13)27-12-16(25)11-23-21(26)19-9-14(2)24-20-10-15(22)6-7-18(19)20/h3-10,16,25H,11-12H2,1-2H3,(H,23,26). The molecule has 1 atom stereocenters. The number of amides is 1. The molecule has 5 nitrogen and oxygen atoms in total. The minimum Gasteiger partial charge on any atom is -0.491 e. The fraction of sp³-hybridized carbons (Fsp3) is 0.238. The normalized spacial score (nSPS) is 12.0. The van der Waals surface area contributed by atoms with E-state index in [9.17, 15) is 14.3 Å². The molecule has 3 rings (SSSR count). The third-order valence-corrected chi connectivity index (χ3v) is 4.07. The number of hydrogen-bond acceptors (Lipinski definition) is 4. The number of rotatable bonds is 6. The molecule has 6 heteroatoms. The van der Waals surface area contributed by atoms with Gasteiger partial charge in [-0.25, -0.2) is 4.39 Å². The fourth-order valence-corrected chi connectivity index (χ4v) is 2.78. The number of aryl methyl sites for hydroxylation is 2. The smallest absolute Gasteiger partial charge is 0.252 e. The van der Waals surface area contributed by atoms with E-state index >= 15 is 0 Å². The molecule has 140 valence electrons. The summed E-state index contributed by atoms with van der Waals surface area (Å²) in [6, 6.07) is 13.3. The molecule has 0 aliphatic heterocycles. The van der Waals surface area contributed by atoms with Gasteiger partial charge >= 0.3 is 0 Å². The van der Waals surface area contributed by atoms with E-state index in [0.29, 0.717) is 27.9 Å². The summed E-state index contributed by atoms with van der Waals surface area (Å²) in [6.07, 6.45) is -0.860. The minimum absolute atomic E-state index is 0.0364. The van der Waals surface area contributed by atoms with Crippen LogP contribution < -0.4 is 10.1 Å². The molecule has 2 N–H and O–H groups in total. The van der Waals surface area contributed by atoms with Gasteiger partial charge in [0.2, 0.25) is 0 Å². The lowest BCUT2D eigenvalue weighted by Gasteiger charge is -2.14. The van der Waals surface area contributed by atoms with Crippen LogP contribution in [0.1, 0.15) is 21.6 Å². The van der Waals surface area contributed by atoms with Crippen LogP contribution in [0, 0.1) is 19.7 Å². The van der Waals surface area contributed by atoms with Gasteiger partial charge in [0.05, 0.1) is 11.1 Å². The van der Waals surface area contributed by atoms with Gasteiger partial charge in [-0.3, -0.25) is 9.78 Å². The number of carbonyl (C=O) groups excluding carboxylic acids is 1. The van der Waals surface area contributed by atoms with Gasteiger partial charge in [0.15, 0.2) is 0 Å². The lowest BCUT2D eigenvalue weighted by molar-refractivity contribution is 0.0845. The lowest BCUT2D eigenvalue weighted by atomic mass is 10.1. The molecule has 0 fully saturated rings. The van der Waals surface area contributed by atoms with Crippen molar-refractivity contribution >= 4 is 16.8 Å². The summed E-state index contributed by atoms with van der Waals surface area (Å²) < 4.78 is 19.0. The zero-order chi connectivity index (χ0) is 19.4. The number of hydrogen-bond donors (Lipinski definition) is 2. The van der Waals surface area contributed by atoms with Crippen molar-refractivity contribution in [3.05, 3.63) is 71.2 Å². The van der Waals surface area contributed by atoms with E-state index in [1.807, 2.05) is 31.2 Å². The summed E-state index contributed by atoms with van der Waals surface area (Å²) in [5.74, 6) is -0.0967. The molecule has 3 aromatic rings. The largest absolute Gasteiger partial charge is 0.491 e. The molecular formula is C21H21FN2O3. The molecule has 1 heterocycles. The fourth-order valence-electron chi connectivity index (χ4n) is 2.78. The molecule has 0 aliphatic carbocycles. The van der Waals surface area contributed by atoms with Crippen molar-refractivity contribution in [3.8, 4) is 5.75 Å². The van der Waals surface area contributed by atoms with E-state index in [1.165, 1.54) is 18.2 Å². The van der Waals surface area contributed by atoms with Crippen molar-refractivity contribution in [2.45, 2.75) is 20.0 Å². The SMILES string of the molecule is Cc1cccc(OCC(O)CNC(=O)c2cc(C)nc3cc(F)ccc23)c1. The summed E-state index contributed by atoms with van der Waals surface area (Å²) in [7, 11) is 0. The predicted octanol–water partition coefficient (Wildman–Crippen LogP) is 3.16. The Morgan fingerprint density at radius 3 is 2.81 bits per heavy atom. The monoisotopic (exact) mass is 368 g/mol. The number of carbonyl (C=O) groups is 1. The van der Waals surface area contributed by atoms with Gasteiger partial charge in [-0.05, 0) is 49.7 Å². The van der Waals surface area contributed by atoms with Gasteiger partial charge < -0.3 is 15.2 Å². The van der Waals surface area contributed by atoms with Crippen LogP contribution >= 0.6 is 0 Å². The second-order valence-corrected chi connectivity index (χ2v) is 6.46. The van der Waals surface area contributed by atoms with Crippen molar-refractivity contribution in [3.63, 3.8) is 0 Å². The van der Waals surface area contributed by atoms with E-state index in [0.717, 1.165) is 5.56 Å². The number of pyridine rings is 1. The number of ether oxygens (including phenoxy) is 1. The van der Waals surface area contributed by atoms with Crippen molar-refractivity contribution in [2.24, 2.45) is 0 Å². The van der Waals surface area contributed by atoms with Gasteiger partial charge in [0.25, 0.3) is 5.91 Å². The molecule has 2 aromatic carbocycles. The number of aromatic nitrogens is 1. The zero-order valence-corrected chi connectivity index (χ0v) is 15.2. The Morgan fingerprint density at radius 1 is 1.22 bits per heavy atom. The highest BCUT2D eigenvalue weighted by Crippen LogP contribution is 2.19. The van der Waals surface area contributed by atoms with Crippen molar-refractivity contribution in [1.29, 1.82) is 0 Å². The van der Waals surface area contributed by atoms with Gasteiger partial charge in [-0.15, -0.1) is 0 Å². The molecule has 1 amide bonds. The molecule has 0 radical (unpaired) electrons. The Kier molecular flexibility index (Phi) is 5.66. The Balaban J connectivity index is 1.63. The van der Waals surface area contributed by atoms with Crippen molar-refractivity contribution < 1.29 is 19.0 Å². The van der Waals surface area contributed by atoms with E-state index < -0.39 is 11.9 Å². The Hall–Kier alpha value is -2.99. The average Bonchev–Trinajstić information content (AvgIpc) is 2.63. The number of aliphatic hydroxyl groups is 1. The van der Waals surface area contributed by atoms with Crippen LogP contribution in [0.3, 0.4) is 0 Å². The minimum atomic E-state index is -0.860. The molecule has 0 bridgehead atoms. The zero-order valence-electron chi connectivity index (χ0n) is 15.2. The first-order valence-electron chi connectivity index (χ1n) is 8.65. The van der Waals surface area contributed by atoms with Crippen LogP contribution in [0.15, 0.2) is 48.5 Å². The topological polar surface area (TPSA) is 71.5 Å². The Bertz CT molecular complexity index is 970. The number of nitrogens with zero attached hydrogens (tertiary/aromatic N) is 1. The third kappa shape index (κ3) is 4.80. The van der Waals surface area contributed by atoms with Crippen LogP contribution in [0.4, 0.5) is 4.39 Å². The van der Waals surface area contributed by atoms with Crippen LogP contribution in [0.25, 0.3) is 10.9 Å². The van der Waals surface area contributed by atoms with Gasteiger partial charge in [0.1, 0.15) is 24.3 Å². The van der Waals surface area contributed by atoms with Crippen LogP contribution in [0.5, 0.6) is 5.75 Å².